The lowest BCUT2D eigenvalue weighted by molar-refractivity contribution is 0.0993. The van der Waals surface area contributed by atoms with Crippen LogP contribution >= 0.6 is 0 Å². The van der Waals surface area contributed by atoms with E-state index in [1.165, 1.54) is 0 Å². The third-order valence-electron chi connectivity index (χ3n) is 4.58. The van der Waals surface area contributed by atoms with Crippen LogP contribution < -0.4 is 9.64 Å². The van der Waals surface area contributed by atoms with Crippen molar-refractivity contribution in [1.82, 2.24) is 9.97 Å². The van der Waals surface area contributed by atoms with Crippen LogP contribution in [0.25, 0.3) is 0 Å². The molecule has 0 atom stereocenters. The Kier molecular flexibility index (Phi) is 5.58. The van der Waals surface area contributed by atoms with Gasteiger partial charge in [-0.3, -0.25) is 9.78 Å². The molecule has 0 aliphatic carbocycles. The van der Waals surface area contributed by atoms with Gasteiger partial charge in [-0.05, 0) is 42.0 Å². The second-order valence-corrected chi connectivity index (χ2v) is 6.53. The van der Waals surface area contributed by atoms with Crippen molar-refractivity contribution in [1.29, 1.82) is 0 Å². The molecule has 1 aromatic carbocycles. The Morgan fingerprint density at radius 1 is 0.964 bits per heavy atom. The first-order chi connectivity index (χ1) is 13.8. The molecule has 4 rings (SSSR count). The molecule has 3 heterocycles. The number of benzene rings is 1. The smallest absolute Gasteiger partial charge is 0.167 e. The number of anilines is 1. The number of carbonyl (C=O) groups is 1. The van der Waals surface area contributed by atoms with E-state index in [-0.39, 0.29) is 5.78 Å². The Labute approximate surface area is 163 Å². The predicted octanol–water partition coefficient (Wildman–Crippen LogP) is 3.53. The summed E-state index contributed by atoms with van der Waals surface area (Å²) in [4.78, 5) is 23.2. The van der Waals surface area contributed by atoms with E-state index >= 15 is 0 Å². The van der Waals surface area contributed by atoms with Crippen LogP contribution in [0.15, 0.2) is 67.1 Å². The Bertz CT molecular complexity index is 923. The molecule has 0 bridgehead atoms. The number of aromatic nitrogens is 2. The molecule has 6 heteroatoms. The van der Waals surface area contributed by atoms with Crippen LogP contribution in [0, 0.1) is 0 Å². The number of rotatable bonds is 6. The van der Waals surface area contributed by atoms with Gasteiger partial charge in [-0.25, -0.2) is 4.98 Å². The third kappa shape index (κ3) is 4.53. The van der Waals surface area contributed by atoms with Crippen molar-refractivity contribution >= 4 is 11.6 Å². The highest BCUT2D eigenvalue weighted by molar-refractivity contribution is 5.98. The molecule has 3 aromatic rings. The summed E-state index contributed by atoms with van der Waals surface area (Å²) >= 11 is 0. The molecule has 6 nitrogen and oxygen atoms in total. The van der Waals surface area contributed by atoms with E-state index in [4.69, 9.17) is 9.47 Å². The normalized spacial score (nSPS) is 13.9. The van der Waals surface area contributed by atoms with Gasteiger partial charge in [0.15, 0.2) is 5.78 Å². The van der Waals surface area contributed by atoms with Gasteiger partial charge in [0.1, 0.15) is 17.3 Å². The maximum absolute atomic E-state index is 12.7. The SMILES string of the molecule is O=C(Cc1ccc(Oc2ccncc2)cc1)c1ccnc(N2CCOCC2)c1. The number of hydrogen-bond acceptors (Lipinski definition) is 6. The lowest BCUT2D eigenvalue weighted by Gasteiger charge is -2.27. The molecule has 0 radical (unpaired) electrons. The van der Waals surface area contributed by atoms with Crippen molar-refractivity contribution in [3.8, 4) is 11.5 Å². The Balaban J connectivity index is 1.40. The van der Waals surface area contributed by atoms with Gasteiger partial charge in [-0.2, -0.15) is 0 Å². The lowest BCUT2D eigenvalue weighted by atomic mass is 10.0. The number of nitrogens with zero attached hydrogens (tertiary/aromatic N) is 3. The fourth-order valence-electron chi connectivity index (χ4n) is 3.06. The van der Waals surface area contributed by atoms with Crippen LogP contribution in [0.4, 0.5) is 5.82 Å². The fourth-order valence-corrected chi connectivity index (χ4v) is 3.06. The summed E-state index contributed by atoms with van der Waals surface area (Å²) in [5.41, 5.74) is 1.62. The van der Waals surface area contributed by atoms with Gasteiger partial charge < -0.3 is 14.4 Å². The minimum Gasteiger partial charge on any atom is -0.457 e. The molecule has 1 fully saturated rings. The molecule has 142 valence electrons. The molecular weight excluding hydrogens is 354 g/mol. The van der Waals surface area contributed by atoms with E-state index in [1.54, 1.807) is 36.8 Å². The minimum atomic E-state index is 0.0692. The molecule has 0 saturated carbocycles. The Morgan fingerprint density at radius 3 is 2.43 bits per heavy atom. The molecule has 0 amide bonds. The summed E-state index contributed by atoms with van der Waals surface area (Å²) in [6, 6.07) is 14.8. The van der Waals surface area contributed by atoms with Crippen LogP contribution in [-0.4, -0.2) is 42.1 Å². The fraction of sp³-hybridized carbons (Fsp3) is 0.227. The van der Waals surface area contributed by atoms with Gasteiger partial charge in [0.25, 0.3) is 0 Å². The van der Waals surface area contributed by atoms with Gasteiger partial charge in [0, 0.05) is 43.7 Å². The van der Waals surface area contributed by atoms with Crippen molar-refractivity contribution < 1.29 is 14.3 Å². The Morgan fingerprint density at radius 2 is 1.68 bits per heavy atom. The van der Waals surface area contributed by atoms with Gasteiger partial charge in [-0.15, -0.1) is 0 Å². The topological polar surface area (TPSA) is 64.5 Å². The van der Waals surface area contributed by atoms with Crippen molar-refractivity contribution in [3.05, 3.63) is 78.2 Å². The van der Waals surface area contributed by atoms with Gasteiger partial charge >= 0.3 is 0 Å². The molecule has 1 saturated heterocycles. The molecule has 28 heavy (non-hydrogen) atoms. The van der Waals surface area contributed by atoms with Crippen molar-refractivity contribution in [3.63, 3.8) is 0 Å². The monoisotopic (exact) mass is 375 g/mol. The maximum atomic E-state index is 12.7. The van der Waals surface area contributed by atoms with E-state index in [0.29, 0.717) is 25.2 Å². The zero-order chi connectivity index (χ0) is 19.2. The quantitative estimate of drug-likeness (QED) is 0.614. The van der Waals surface area contributed by atoms with E-state index in [9.17, 15) is 4.79 Å². The average Bonchev–Trinajstić information content (AvgIpc) is 2.76. The number of Topliss-reactive ketones (excluding diaryl/α,β-unsaturated/α-hetero) is 1. The summed E-state index contributed by atoms with van der Waals surface area (Å²) in [6.07, 6.45) is 5.40. The van der Waals surface area contributed by atoms with Crippen LogP contribution in [0.3, 0.4) is 0 Å². The number of hydrogen-bond donors (Lipinski definition) is 0. The number of ether oxygens (including phenoxy) is 2. The number of carbonyl (C=O) groups excluding carboxylic acids is 1. The van der Waals surface area contributed by atoms with Crippen LogP contribution in [0.2, 0.25) is 0 Å². The van der Waals surface area contributed by atoms with Crippen LogP contribution in [-0.2, 0) is 11.2 Å². The number of morpholine rings is 1. The standard InChI is InChI=1S/C22H21N3O3/c26-21(18-5-10-24-22(16-18)25-11-13-27-14-12-25)15-17-1-3-19(4-2-17)28-20-6-8-23-9-7-20/h1-10,16H,11-15H2. The van der Waals surface area contributed by atoms with Gasteiger partial charge in [0.2, 0.25) is 0 Å². The van der Waals surface area contributed by atoms with E-state index in [1.807, 2.05) is 30.3 Å². The van der Waals surface area contributed by atoms with E-state index < -0.39 is 0 Å². The summed E-state index contributed by atoms with van der Waals surface area (Å²) in [7, 11) is 0. The van der Waals surface area contributed by atoms with E-state index in [0.717, 1.165) is 36.0 Å². The highest BCUT2D eigenvalue weighted by atomic mass is 16.5. The molecule has 1 aliphatic rings. The molecule has 0 spiro atoms. The van der Waals surface area contributed by atoms with E-state index in [2.05, 4.69) is 14.9 Å². The first kappa shape index (κ1) is 18.1. The second-order valence-electron chi connectivity index (χ2n) is 6.53. The number of ketones is 1. The largest absolute Gasteiger partial charge is 0.457 e. The van der Waals surface area contributed by atoms with Crippen LogP contribution in [0.1, 0.15) is 15.9 Å². The maximum Gasteiger partial charge on any atom is 0.167 e. The summed E-state index contributed by atoms with van der Waals surface area (Å²) in [5, 5.41) is 0. The van der Waals surface area contributed by atoms with Crippen LogP contribution in [0.5, 0.6) is 11.5 Å². The minimum absolute atomic E-state index is 0.0692. The summed E-state index contributed by atoms with van der Waals surface area (Å²) < 4.78 is 11.1. The third-order valence-corrected chi connectivity index (χ3v) is 4.58. The van der Waals surface area contributed by atoms with Gasteiger partial charge in [0.05, 0.1) is 13.2 Å². The molecule has 1 aliphatic heterocycles. The molecule has 0 unspecified atom stereocenters. The molecular formula is C22H21N3O3. The number of pyridine rings is 2. The predicted molar refractivity (Wildman–Crippen MR) is 106 cm³/mol. The van der Waals surface area contributed by atoms with Crippen molar-refractivity contribution in [2.75, 3.05) is 31.2 Å². The van der Waals surface area contributed by atoms with Crippen molar-refractivity contribution in [2.45, 2.75) is 6.42 Å². The second kappa shape index (κ2) is 8.63. The Hall–Kier alpha value is -3.25. The molecule has 2 aromatic heterocycles. The lowest BCUT2D eigenvalue weighted by Crippen LogP contribution is -2.36. The summed E-state index contributed by atoms with van der Waals surface area (Å²) in [5.74, 6) is 2.35. The highest BCUT2D eigenvalue weighted by Crippen LogP contribution is 2.22. The zero-order valence-electron chi connectivity index (χ0n) is 15.5. The molecule has 0 N–H and O–H groups in total. The average molecular weight is 375 g/mol. The first-order valence-electron chi connectivity index (χ1n) is 9.27. The van der Waals surface area contributed by atoms with Crippen molar-refractivity contribution in [2.24, 2.45) is 0 Å². The highest BCUT2D eigenvalue weighted by Gasteiger charge is 2.15. The first-order valence-corrected chi connectivity index (χ1v) is 9.27. The zero-order valence-corrected chi connectivity index (χ0v) is 15.5. The van der Waals surface area contributed by atoms with Gasteiger partial charge in [-0.1, -0.05) is 12.1 Å². The summed E-state index contributed by atoms with van der Waals surface area (Å²) in [6.45, 7) is 2.97.